The van der Waals surface area contributed by atoms with E-state index in [-0.39, 0.29) is 16.3 Å². The van der Waals surface area contributed by atoms with Crippen LogP contribution in [0.3, 0.4) is 0 Å². The van der Waals surface area contributed by atoms with Crippen molar-refractivity contribution in [2.45, 2.75) is 18.0 Å². The molecule has 3 rings (SSSR count). The lowest BCUT2D eigenvalue weighted by Gasteiger charge is -2.09. The maximum atomic E-state index is 11.6. The fourth-order valence-electron chi connectivity index (χ4n) is 2.59. The molecule has 0 atom stereocenters. The van der Waals surface area contributed by atoms with Crippen LogP contribution in [-0.4, -0.2) is 29.1 Å². The van der Waals surface area contributed by atoms with Crippen LogP contribution in [-0.2, 0) is 22.9 Å². The van der Waals surface area contributed by atoms with Gasteiger partial charge in [-0.05, 0) is 23.3 Å². The van der Waals surface area contributed by atoms with Crippen molar-refractivity contribution in [1.29, 1.82) is 0 Å². The summed E-state index contributed by atoms with van der Waals surface area (Å²) in [5, 5.41) is 14.3. The van der Waals surface area contributed by atoms with Gasteiger partial charge in [0.1, 0.15) is 5.69 Å². The Kier molecular flexibility index (Phi) is 5.22. The Balaban J connectivity index is 1.71. The van der Waals surface area contributed by atoms with Crippen molar-refractivity contribution in [3.8, 4) is 0 Å². The van der Waals surface area contributed by atoms with Crippen molar-refractivity contribution >= 4 is 21.2 Å². The van der Waals surface area contributed by atoms with Gasteiger partial charge >= 0.3 is 0 Å². The minimum atomic E-state index is -3.51. The van der Waals surface area contributed by atoms with E-state index >= 15 is 0 Å². The monoisotopic (exact) mass is 386 g/mol. The van der Waals surface area contributed by atoms with Crippen LogP contribution in [0.4, 0.5) is 11.4 Å². The molecule has 0 radical (unpaired) electrons. The summed E-state index contributed by atoms with van der Waals surface area (Å²) in [6, 6.07) is 11.7. The van der Waals surface area contributed by atoms with Crippen molar-refractivity contribution in [2.24, 2.45) is 0 Å². The molecule has 9 heteroatoms. The molecular formula is C18H18N4O4S. The molecule has 27 heavy (non-hydrogen) atoms. The summed E-state index contributed by atoms with van der Waals surface area (Å²) in [7, 11) is -3.51. The molecule has 0 fully saturated rings. The molecule has 0 saturated heterocycles. The lowest BCUT2D eigenvalue weighted by atomic mass is 10.1. The lowest BCUT2D eigenvalue weighted by Crippen LogP contribution is -2.05. The molecule has 0 aliphatic rings. The predicted octanol–water partition coefficient (Wildman–Crippen LogP) is 2.86. The zero-order valence-corrected chi connectivity index (χ0v) is 15.4. The zero-order valence-electron chi connectivity index (χ0n) is 14.6. The maximum absolute atomic E-state index is 11.6. The normalized spacial score (nSPS) is 11.3. The number of nitrogens with zero attached hydrogens (tertiary/aromatic N) is 3. The predicted molar refractivity (Wildman–Crippen MR) is 101 cm³/mol. The van der Waals surface area contributed by atoms with E-state index in [0.29, 0.717) is 13.1 Å². The third-order valence-corrected chi connectivity index (χ3v) is 5.13. The molecule has 1 aromatic heterocycles. The standard InChI is InChI=1S/C18H18N4O4S/c1-27(25,26)16-6-7-17(18(10-16)22(23)24)20-11-14-2-4-15(5-3-14)12-21-9-8-19-13-21/h2-10,13,20H,11-12H2,1H3. The number of anilines is 1. The highest BCUT2D eigenvalue weighted by Crippen LogP contribution is 2.28. The number of hydrogen-bond acceptors (Lipinski definition) is 6. The van der Waals surface area contributed by atoms with Gasteiger partial charge in [0.25, 0.3) is 5.69 Å². The van der Waals surface area contributed by atoms with Gasteiger partial charge in [-0.3, -0.25) is 10.1 Å². The lowest BCUT2D eigenvalue weighted by molar-refractivity contribution is -0.384. The number of sulfone groups is 1. The number of benzene rings is 2. The highest BCUT2D eigenvalue weighted by atomic mass is 32.2. The van der Waals surface area contributed by atoms with E-state index in [1.807, 2.05) is 35.0 Å². The van der Waals surface area contributed by atoms with E-state index in [4.69, 9.17) is 0 Å². The van der Waals surface area contributed by atoms with Gasteiger partial charge in [0, 0.05) is 37.8 Å². The summed E-state index contributed by atoms with van der Waals surface area (Å²) in [5.41, 5.74) is 2.07. The van der Waals surface area contributed by atoms with Crippen LogP contribution in [0.15, 0.2) is 66.1 Å². The number of rotatable bonds is 7. The van der Waals surface area contributed by atoms with E-state index < -0.39 is 14.8 Å². The van der Waals surface area contributed by atoms with Gasteiger partial charge in [0.2, 0.25) is 0 Å². The van der Waals surface area contributed by atoms with Gasteiger partial charge in [-0.15, -0.1) is 0 Å². The van der Waals surface area contributed by atoms with Gasteiger partial charge in [0.05, 0.1) is 16.1 Å². The highest BCUT2D eigenvalue weighted by Gasteiger charge is 2.18. The van der Waals surface area contributed by atoms with Gasteiger partial charge in [-0.1, -0.05) is 24.3 Å². The van der Waals surface area contributed by atoms with Gasteiger partial charge in [-0.2, -0.15) is 0 Å². The first kappa shape index (κ1) is 18.6. The first-order valence-electron chi connectivity index (χ1n) is 8.09. The second-order valence-electron chi connectivity index (χ2n) is 6.11. The Morgan fingerprint density at radius 3 is 2.44 bits per heavy atom. The Bertz CT molecular complexity index is 1050. The number of nitro groups is 1. The molecule has 8 nitrogen and oxygen atoms in total. The number of nitrogens with one attached hydrogen (secondary N) is 1. The molecule has 0 amide bonds. The molecular weight excluding hydrogens is 368 g/mol. The molecule has 140 valence electrons. The van der Waals surface area contributed by atoms with Crippen LogP contribution in [0.1, 0.15) is 11.1 Å². The SMILES string of the molecule is CS(=O)(=O)c1ccc(NCc2ccc(Cn3ccnc3)cc2)c([N+](=O)[O-])c1. The molecule has 0 aliphatic carbocycles. The Morgan fingerprint density at radius 1 is 1.15 bits per heavy atom. The minimum Gasteiger partial charge on any atom is -0.375 e. The first-order valence-corrected chi connectivity index (χ1v) is 9.98. The summed E-state index contributed by atoms with van der Waals surface area (Å²) in [6.45, 7) is 1.09. The van der Waals surface area contributed by atoms with E-state index in [0.717, 1.165) is 23.4 Å². The molecule has 0 bridgehead atoms. The quantitative estimate of drug-likeness (QED) is 0.494. The fraction of sp³-hybridized carbons (Fsp3) is 0.167. The number of hydrogen-bond donors (Lipinski definition) is 1. The Morgan fingerprint density at radius 2 is 1.85 bits per heavy atom. The summed E-state index contributed by atoms with van der Waals surface area (Å²) in [4.78, 5) is 14.6. The number of nitro benzene ring substituents is 1. The van der Waals surface area contributed by atoms with Gasteiger partial charge in [0.15, 0.2) is 9.84 Å². The van der Waals surface area contributed by atoms with Gasteiger partial charge < -0.3 is 9.88 Å². The molecule has 2 aromatic carbocycles. The third kappa shape index (κ3) is 4.70. The third-order valence-electron chi connectivity index (χ3n) is 4.02. The summed E-state index contributed by atoms with van der Waals surface area (Å²) in [5.74, 6) is 0. The average molecular weight is 386 g/mol. The minimum absolute atomic E-state index is 0.0800. The maximum Gasteiger partial charge on any atom is 0.293 e. The molecule has 0 spiro atoms. The smallest absolute Gasteiger partial charge is 0.293 e. The summed E-state index contributed by atoms with van der Waals surface area (Å²) < 4.78 is 25.1. The Labute approximate surface area is 156 Å². The van der Waals surface area contributed by atoms with Crippen molar-refractivity contribution in [1.82, 2.24) is 9.55 Å². The highest BCUT2D eigenvalue weighted by molar-refractivity contribution is 7.90. The van der Waals surface area contributed by atoms with Crippen LogP contribution in [0.25, 0.3) is 0 Å². The van der Waals surface area contributed by atoms with Crippen LogP contribution in [0, 0.1) is 10.1 Å². The van der Waals surface area contributed by atoms with Crippen molar-refractivity contribution < 1.29 is 13.3 Å². The molecule has 1 heterocycles. The number of aromatic nitrogens is 2. The molecule has 1 N–H and O–H groups in total. The van der Waals surface area contributed by atoms with Crippen molar-refractivity contribution in [3.05, 3.63) is 82.4 Å². The molecule has 0 aliphatic heterocycles. The fourth-order valence-corrected chi connectivity index (χ4v) is 3.23. The van der Waals surface area contributed by atoms with Crippen LogP contribution in [0.2, 0.25) is 0 Å². The average Bonchev–Trinajstić information content (AvgIpc) is 3.13. The molecule has 0 unspecified atom stereocenters. The zero-order chi connectivity index (χ0) is 19.4. The Hall–Kier alpha value is -3.20. The second kappa shape index (κ2) is 7.58. The first-order chi connectivity index (χ1) is 12.8. The summed E-state index contributed by atoms with van der Waals surface area (Å²) >= 11 is 0. The summed E-state index contributed by atoms with van der Waals surface area (Å²) in [6.07, 6.45) is 6.37. The second-order valence-corrected chi connectivity index (χ2v) is 8.13. The van der Waals surface area contributed by atoms with E-state index in [2.05, 4.69) is 10.3 Å². The van der Waals surface area contributed by atoms with Crippen LogP contribution >= 0.6 is 0 Å². The topological polar surface area (TPSA) is 107 Å². The van der Waals surface area contributed by atoms with E-state index in [1.54, 1.807) is 12.5 Å². The van der Waals surface area contributed by atoms with Crippen molar-refractivity contribution in [2.75, 3.05) is 11.6 Å². The van der Waals surface area contributed by atoms with Crippen LogP contribution in [0.5, 0.6) is 0 Å². The largest absolute Gasteiger partial charge is 0.375 e. The van der Waals surface area contributed by atoms with Gasteiger partial charge in [-0.25, -0.2) is 13.4 Å². The van der Waals surface area contributed by atoms with Crippen molar-refractivity contribution in [3.63, 3.8) is 0 Å². The van der Waals surface area contributed by atoms with E-state index in [1.165, 1.54) is 12.1 Å². The van der Waals surface area contributed by atoms with Crippen LogP contribution < -0.4 is 5.32 Å². The molecule has 0 saturated carbocycles. The van der Waals surface area contributed by atoms with E-state index in [9.17, 15) is 18.5 Å². The number of imidazole rings is 1. The molecule has 3 aromatic rings.